The van der Waals surface area contributed by atoms with E-state index in [4.69, 9.17) is 18.7 Å². The van der Waals surface area contributed by atoms with Gasteiger partial charge in [0.05, 0.1) is 19.8 Å². The molecular weight excluding hydrogens is 410 g/mol. The quantitative estimate of drug-likeness (QED) is 0.313. The topological polar surface area (TPSA) is 103 Å². The maximum absolute atomic E-state index is 5.78. The molecule has 0 saturated carbocycles. The van der Waals surface area contributed by atoms with E-state index >= 15 is 0 Å². The molecule has 0 atom stereocenters. The highest BCUT2D eigenvalue weighted by Crippen LogP contribution is 2.32. The van der Waals surface area contributed by atoms with Crippen LogP contribution in [-0.2, 0) is 6.54 Å². The fourth-order valence-corrected chi connectivity index (χ4v) is 3.05. The molecule has 2 heterocycles. The molecule has 2 N–H and O–H groups in total. The van der Waals surface area contributed by atoms with Gasteiger partial charge in [0.25, 0.3) is 0 Å². The van der Waals surface area contributed by atoms with Crippen molar-refractivity contribution in [1.82, 2.24) is 15.5 Å². The summed E-state index contributed by atoms with van der Waals surface area (Å²) in [7, 11) is 0. The molecule has 0 aliphatic carbocycles. The van der Waals surface area contributed by atoms with E-state index in [2.05, 4.69) is 25.8 Å². The van der Waals surface area contributed by atoms with Gasteiger partial charge in [0.15, 0.2) is 23.3 Å². The van der Waals surface area contributed by atoms with Crippen LogP contribution in [0.1, 0.15) is 24.6 Å². The zero-order valence-electron chi connectivity index (χ0n) is 18.0. The van der Waals surface area contributed by atoms with Crippen LogP contribution in [0.3, 0.4) is 0 Å². The number of aryl methyl sites for hydroxylation is 1. The van der Waals surface area contributed by atoms with Gasteiger partial charge < -0.3 is 29.4 Å². The van der Waals surface area contributed by atoms with Crippen LogP contribution in [0.25, 0.3) is 0 Å². The normalized spacial score (nSPS) is 13.3. The molecule has 1 aliphatic rings. The molecule has 0 fully saturated rings. The minimum Gasteiger partial charge on any atom is -0.494 e. The van der Waals surface area contributed by atoms with Crippen LogP contribution in [0, 0.1) is 6.92 Å². The molecule has 0 saturated heterocycles. The van der Waals surface area contributed by atoms with Crippen LogP contribution in [0.4, 0.5) is 5.69 Å². The number of fused-ring (bicyclic) bond motifs is 1. The van der Waals surface area contributed by atoms with E-state index in [1.54, 1.807) is 6.92 Å². The van der Waals surface area contributed by atoms with Crippen molar-refractivity contribution in [1.29, 1.82) is 0 Å². The van der Waals surface area contributed by atoms with E-state index in [9.17, 15) is 0 Å². The predicted molar refractivity (Wildman–Crippen MR) is 120 cm³/mol. The lowest BCUT2D eigenvalue weighted by molar-refractivity contribution is 0.297. The van der Waals surface area contributed by atoms with E-state index < -0.39 is 0 Å². The Balaban J connectivity index is 1.36. The van der Waals surface area contributed by atoms with Crippen LogP contribution in [0.2, 0.25) is 0 Å². The molecule has 9 nitrogen and oxygen atoms in total. The zero-order chi connectivity index (χ0) is 22.0. The molecule has 168 valence electrons. The molecule has 0 bridgehead atoms. The predicted octanol–water partition coefficient (Wildman–Crippen LogP) is 3.57. The summed E-state index contributed by atoms with van der Waals surface area (Å²) in [6.07, 6.45) is 1.66. The van der Waals surface area contributed by atoms with Crippen LogP contribution in [0.15, 0.2) is 58.0 Å². The van der Waals surface area contributed by atoms with Gasteiger partial charge in [-0.05, 0) is 37.6 Å². The minimum atomic E-state index is 0.265. The van der Waals surface area contributed by atoms with Crippen LogP contribution in [-0.4, -0.2) is 42.5 Å². The van der Waals surface area contributed by atoms with E-state index in [1.807, 2.05) is 48.5 Å². The first-order valence-electron chi connectivity index (χ1n) is 10.7. The van der Waals surface area contributed by atoms with Gasteiger partial charge in [-0.2, -0.15) is 4.98 Å². The molecule has 0 amide bonds. The highest BCUT2D eigenvalue weighted by Gasteiger charge is 2.12. The Morgan fingerprint density at radius 1 is 1.09 bits per heavy atom. The number of hydrogen-bond donors (Lipinski definition) is 2. The third kappa shape index (κ3) is 6.37. The molecule has 1 aromatic heterocycles. The number of nitrogens with zero attached hydrogens (tertiary/aromatic N) is 3. The molecule has 3 aromatic rings. The summed E-state index contributed by atoms with van der Waals surface area (Å²) in [5.41, 5.74) is 0.836. The molecule has 9 heteroatoms. The number of aliphatic imine (C=N–C) groups is 1. The Kier molecular flexibility index (Phi) is 7.41. The largest absolute Gasteiger partial charge is 0.494 e. The number of aromatic nitrogens is 2. The van der Waals surface area contributed by atoms with Crippen molar-refractivity contribution in [3.05, 3.63) is 60.2 Å². The Hall–Kier alpha value is -3.75. The molecule has 0 spiro atoms. The summed E-state index contributed by atoms with van der Waals surface area (Å²) in [4.78, 5) is 8.78. The fourth-order valence-electron chi connectivity index (χ4n) is 3.05. The third-order valence-corrected chi connectivity index (χ3v) is 4.58. The molecule has 2 aromatic carbocycles. The highest BCUT2D eigenvalue weighted by atomic mass is 16.5. The molecule has 32 heavy (non-hydrogen) atoms. The van der Waals surface area contributed by atoms with Gasteiger partial charge in [-0.25, -0.2) is 4.99 Å². The van der Waals surface area contributed by atoms with E-state index in [0.717, 1.165) is 35.8 Å². The standard InChI is InChI=1S/C23H27N5O4/c1-17-26-22(32-28-17)16-25-23(24-11-5-12-29-19-7-3-2-4-8-19)27-18-9-10-20-21(15-18)31-14-6-13-30-20/h2-4,7-10,15H,5-6,11-14,16H2,1H3,(H2,24,25,27). The van der Waals surface area contributed by atoms with E-state index in [1.165, 1.54) is 0 Å². The summed E-state index contributed by atoms with van der Waals surface area (Å²) >= 11 is 0. The Morgan fingerprint density at radius 2 is 1.94 bits per heavy atom. The van der Waals surface area contributed by atoms with Crippen molar-refractivity contribution >= 4 is 11.6 Å². The lowest BCUT2D eigenvalue weighted by Crippen LogP contribution is -2.32. The van der Waals surface area contributed by atoms with E-state index in [0.29, 0.717) is 44.0 Å². The van der Waals surface area contributed by atoms with Crippen molar-refractivity contribution in [2.75, 3.05) is 31.7 Å². The van der Waals surface area contributed by atoms with Crippen molar-refractivity contribution < 1.29 is 18.7 Å². The lowest BCUT2D eigenvalue weighted by Gasteiger charge is -2.14. The zero-order valence-corrected chi connectivity index (χ0v) is 18.0. The van der Waals surface area contributed by atoms with E-state index in [-0.39, 0.29) is 6.54 Å². The van der Waals surface area contributed by atoms with Crippen molar-refractivity contribution in [2.45, 2.75) is 26.3 Å². The maximum atomic E-state index is 5.78. The number of rotatable bonds is 8. The first kappa shape index (κ1) is 21.5. The molecule has 0 unspecified atom stereocenters. The highest BCUT2D eigenvalue weighted by molar-refractivity contribution is 5.93. The summed E-state index contributed by atoms with van der Waals surface area (Å²) in [5, 5.41) is 10.4. The average molecular weight is 438 g/mol. The number of anilines is 1. The second kappa shape index (κ2) is 11.0. The van der Waals surface area contributed by atoms with Crippen LogP contribution in [0.5, 0.6) is 17.2 Å². The number of para-hydroxylation sites is 1. The average Bonchev–Trinajstić information content (AvgIpc) is 3.09. The number of benzene rings is 2. The lowest BCUT2D eigenvalue weighted by atomic mass is 10.2. The van der Waals surface area contributed by atoms with Crippen molar-refractivity contribution in [3.63, 3.8) is 0 Å². The van der Waals surface area contributed by atoms with Crippen LogP contribution < -0.4 is 24.8 Å². The molecular formula is C23H27N5O4. The summed E-state index contributed by atoms with van der Waals surface area (Å²) in [6, 6.07) is 15.5. The molecule has 1 aliphatic heterocycles. The third-order valence-electron chi connectivity index (χ3n) is 4.58. The summed E-state index contributed by atoms with van der Waals surface area (Å²) < 4.78 is 22.4. The number of guanidine groups is 1. The number of nitrogens with one attached hydrogen (secondary N) is 2. The van der Waals surface area contributed by atoms with Crippen LogP contribution >= 0.6 is 0 Å². The second-order valence-corrected chi connectivity index (χ2v) is 7.18. The molecule has 0 radical (unpaired) electrons. The van der Waals surface area contributed by atoms with Gasteiger partial charge in [0.1, 0.15) is 12.3 Å². The van der Waals surface area contributed by atoms with Gasteiger partial charge in [0.2, 0.25) is 5.89 Å². The number of hydrogen-bond acceptors (Lipinski definition) is 7. The fraction of sp³-hybridized carbons (Fsp3) is 0.348. The van der Waals surface area contributed by atoms with Gasteiger partial charge in [-0.3, -0.25) is 0 Å². The Morgan fingerprint density at radius 3 is 2.75 bits per heavy atom. The van der Waals surface area contributed by atoms with Crippen molar-refractivity contribution in [3.8, 4) is 17.2 Å². The van der Waals surface area contributed by atoms with Crippen molar-refractivity contribution in [2.24, 2.45) is 4.99 Å². The number of ether oxygens (including phenoxy) is 3. The first-order valence-corrected chi connectivity index (χ1v) is 10.7. The monoisotopic (exact) mass is 437 g/mol. The second-order valence-electron chi connectivity index (χ2n) is 7.18. The first-order chi connectivity index (χ1) is 15.8. The maximum Gasteiger partial charge on any atom is 0.248 e. The summed E-state index contributed by atoms with van der Waals surface area (Å²) in [6.45, 7) is 4.60. The Labute approximate surface area is 186 Å². The molecule has 4 rings (SSSR count). The smallest absolute Gasteiger partial charge is 0.248 e. The van der Waals surface area contributed by atoms with Gasteiger partial charge in [-0.1, -0.05) is 23.4 Å². The van der Waals surface area contributed by atoms with Gasteiger partial charge >= 0.3 is 0 Å². The van der Waals surface area contributed by atoms with Gasteiger partial charge in [-0.15, -0.1) is 0 Å². The minimum absolute atomic E-state index is 0.265. The Bertz CT molecular complexity index is 1020. The SMILES string of the molecule is Cc1noc(CN=C(NCCCOc2ccccc2)Nc2ccc3c(c2)OCCCO3)n1. The van der Waals surface area contributed by atoms with Gasteiger partial charge in [0, 0.05) is 24.7 Å². The summed E-state index contributed by atoms with van der Waals surface area (Å²) in [5.74, 6) is 3.95.